The predicted octanol–water partition coefficient (Wildman–Crippen LogP) is 3.24. The molecule has 4 rings (SSSR count). The number of carbonyl (C=O) groups is 5. The number of likely N-dealkylation sites (tertiary alicyclic amines) is 1. The van der Waals surface area contributed by atoms with Gasteiger partial charge in [-0.2, -0.15) is 26.3 Å². The number of anilines is 1. The summed E-state index contributed by atoms with van der Waals surface area (Å²) in [6, 6.07) is 7.96. The van der Waals surface area contributed by atoms with Crippen molar-refractivity contribution in [1.82, 2.24) is 4.90 Å². The largest absolute Gasteiger partial charge is 0.416 e. The van der Waals surface area contributed by atoms with Crippen LogP contribution in [0.5, 0.6) is 0 Å². The van der Waals surface area contributed by atoms with Gasteiger partial charge in [-0.05, 0) is 41.5 Å². The minimum Gasteiger partial charge on any atom is -0.383 e. The maximum absolute atomic E-state index is 14.5. The standard InChI is InChI=1S/C31H26Cl2F6N6O6/c1-44(18-11-16(30(34,35)36)10-17(12-18)31(37,38)39)26(50)45-13-19(14-7-8-20(32)21(33)9-14)29(51,15-5-3-2-4-6-15)27(22(40)46,23(41)47)28(45,24(42)48)25(43)49/h2-12,19,51H,13H2,1H3,(H2,40,46)(H2,41,47)(H2,42,48)(H2,43,49). The van der Waals surface area contributed by atoms with Gasteiger partial charge in [0.2, 0.25) is 22.8 Å². The summed E-state index contributed by atoms with van der Waals surface area (Å²) in [6.45, 7) is -1.17. The number of carbonyl (C=O) groups excluding carboxylic acids is 5. The van der Waals surface area contributed by atoms with Gasteiger partial charge in [-0.25, -0.2) is 4.79 Å². The van der Waals surface area contributed by atoms with Gasteiger partial charge < -0.3 is 28.0 Å². The third-order valence-electron chi connectivity index (χ3n) is 8.88. The molecule has 51 heavy (non-hydrogen) atoms. The number of urea groups is 1. The molecular weight excluding hydrogens is 737 g/mol. The van der Waals surface area contributed by atoms with E-state index in [1.807, 2.05) is 0 Å². The molecule has 2 atom stereocenters. The Bertz CT molecular complexity index is 1890. The second-order valence-corrected chi connectivity index (χ2v) is 12.3. The molecule has 0 spiro atoms. The maximum atomic E-state index is 14.5. The van der Waals surface area contributed by atoms with E-state index in [0.29, 0.717) is 7.05 Å². The molecule has 9 N–H and O–H groups in total. The summed E-state index contributed by atoms with van der Waals surface area (Å²) < 4.78 is 82.6. The molecule has 0 saturated carbocycles. The molecule has 0 aromatic heterocycles. The third kappa shape index (κ3) is 5.76. The van der Waals surface area contributed by atoms with Crippen LogP contribution in [0.1, 0.15) is 28.2 Å². The molecule has 12 nitrogen and oxygen atoms in total. The SMILES string of the molecule is CN(C(=O)N1CC(c2ccc(Cl)c(Cl)c2)C(O)(c2ccccc2)C(C(N)=O)(C(N)=O)C1(C(N)=O)C(N)=O)c1cc(C(F)(F)F)cc(C(F)(F)F)c1. The van der Waals surface area contributed by atoms with Gasteiger partial charge in [0.15, 0.2) is 0 Å². The lowest BCUT2D eigenvalue weighted by Crippen LogP contribution is -2.88. The average molecular weight is 763 g/mol. The van der Waals surface area contributed by atoms with E-state index in [1.165, 1.54) is 30.3 Å². The molecule has 1 aliphatic rings. The number of hydrogen-bond donors (Lipinski definition) is 5. The minimum atomic E-state index is -5.38. The van der Waals surface area contributed by atoms with Crippen molar-refractivity contribution < 1.29 is 55.4 Å². The number of halogens is 8. The van der Waals surface area contributed by atoms with Gasteiger partial charge in [0.05, 0.1) is 21.2 Å². The highest BCUT2D eigenvalue weighted by molar-refractivity contribution is 6.42. The molecule has 272 valence electrons. The summed E-state index contributed by atoms with van der Waals surface area (Å²) in [6.07, 6.45) is -10.8. The Morgan fingerprint density at radius 1 is 0.765 bits per heavy atom. The van der Waals surface area contributed by atoms with Crippen molar-refractivity contribution in [2.45, 2.75) is 29.4 Å². The topological polar surface area (TPSA) is 216 Å². The van der Waals surface area contributed by atoms with Crippen molar-refractivity contribution >= 4 is 58.5 Å². The monoisotopic (exact) mass is 762 g/mol. The van der Waals surface area contributed by atoms with Crippen LogP contribution >= 0.6 is 23.2 Å². The van der Waals surface area contributed by atoms with Crippen molar-refractivity contribution in [3.05, 3.63) is 99.0 Å². The molecule has 1 fully saturated rings. The number of hydrogen-bond acceptors (Lipinski definition) is 6. The fourth-order valence-corrected chi connectivity index (χ4v) is 6.94. The van der Waals surface area contributed by atoms with Crippen molar-refractivity contribution in [3.8, 4) is 0 Å². The number of rotatable bonds is 7. The van der Waals surface area contributed by atoms with E-state index in [1.54, 1.807) is 0 Å². The first-order valence-corrected chi connectivity index (χ1v) is 14.9. The quantitative estimate of drug-likeness (QED) is 0.180. The molecular formula is C31H26Cl2F6N6O6. The number of amides is 6. The summed E-state index contributed by atoms with van der Waals surface area (Å²) in [7, 11) is 0.646. The molecule has 6 amide bonds. The number of primary amides is 4. The van der Waals surface area contributed by atoms with Crippen LogP contribution in [0.15, 0.2) is 66.7 Å². The number of piperidine rings is 1. The van der Waals surface area contributed by atoms with Crippen LogP contribution in [-0.2, 0) is 37.1 Å². The van der Waals surface area contributed by atoms with Crippen LogP contribution in [0.4, 0.5) is 36.8 Å². The van der Waals surface area contributed by atoms with E-state index in [0.717, 1.165) is 18.2 Å². The second kappa shape index (κ2) is 12.9. The highest BCUT2D eigenvalue weighted by Gasteiger charge is 2.83. The van der Waals surface area contributed by atoms with Gasteiger partial charge in [-0.15, -0.1) is 0 Å². The van der Waals surface area contributed by atoms with Crippen LogP contribution in [-0.4, -0.2) is 58.8 Å². The third-order valence-corrected chi connectivity index (χ3v) is 9.62. The van der Waals surface area contributed by atoms with Crippen molar-refractivity contribution in [2.24, 2.45) is 28.3 Å². The first-order chi connectivity index (χ1) is 23.4. The van der Waals surface area contributed by atoms with E-state index in [-0.39, 0.29) is 43.6 Å². The van der Waals surface area contributed by atoms with Gasteiger partial charge in [0.1, 0.15) is 5.60 Å². The van der Waals surface area contributed by atoms with Gasteiger partial charge in [0.25, 0.3) is 11.8 Å². The van der Waals surface area contributed by atoms with Gasteiger partial charge in [-0.3, -0.25) is 29.0 Å². The molecule has 0 radical (unpaired) electrons. The minimum absolute atomic E-state index is 0.0469. The predicted molar refractivity (Wildman–Crippen MR) is 168 cm³/mol. The average Bonchev–Trinajstić information content (AvgIpc) is 3.03. The molecule has 1 heterocycles. The molecule has 3 aromatic carbocycles. The summed E-state index contributed by atoms with van der Waals surface area (Å²) in [4.78, 5) is 69.7. The van der Waals surface area contributed by atoms with Crippen LogP contribution in [0, 0.1) is 5.41 Å². The normalized spacial score (nSPS) is 20.0. The van der Waals surface area contributed by atoms with Gasteiger partial charge >= 0.3 is 18.4 Å². The highest BCUT2D eigenvalue weighted by Crippen LogP contribution is 2.60. The summed E-state index contributed by atoms with van der Waals surface area (Å²) >= 11 is 12.3. The number of benzene rings is 3. The Hall–Kier alpha value is -5.07. The Labute approximate surface area is 293 Å². The number of alkyl halides is 6. The fraction of sp³-hybridized carbons (Fsp3) is 0.258. The maximum Gasteiger partial charge on any atom is 0.416 e. The summed E-state index contributed by atoms with van der Waals surface area (Å²) in [5.41, 5.74) is 6.53. The lowest BCUT2D eigenvalue weighted by atomic mass is 9.48. The lowest BCUT2D eigenvalue weighted by molar-refractivity contribution is -0.211. The van der Waals surface area contributed by atoms with E-state index >= 15 is 0 Å². The Balaban J connectivity index is 2.19. The molecule has 0 bridgehead atoms. The zero-order valence-electron chi connectivity index (χ0n) is 25.9. The Kier molecular flexibility index (Phi) is 9.81. The second-order valence-electron chi connectivity index (χ2n) is 11.5. The first kappa shape index (κ1) is 38.7. The van der Waals surface area contributed by atoms with Crippen LogP contribution < -0.4 is 27.8 Å². The van der Waals surface area contributed by atoms with Gasteiger partial charge in [-0.1, -0.05) is 59.6 Å². The van der Waals surface area contributed by atoms with Crippen LogP contribution in [0.25, 0.3) is 0 Å². The Morgan fingerprint density at radius 3 is 1.67 bits per heavy atom. The van der Waals surface area contributed by atoms with E-state index in [2.05, 4.69) is 0 Å². The van der Waals surface area contributed by atoms with E-state index in [4.69, 9.17) is 46.1 Å². The first-order valence-electron chi connectivity index (χ1n) is 14.2. The van der Waals surface area contributed by atoms with Crippen LogP contribution in [0.3, 0.4) is 0 Å². The summed E-state index contributed by atoms with van der Waals surface area (Å²) in [5.74, 6) is -10.1. The van der Waals surface area contributed by atoms with Crippen molar-refractivity contribution in [2.75, 3.05) is 18.5 Å². The molecule has 1 aliphatic heterocycles. The molecule has 1 saturated heterocycles. The van der Waals surface area contributed by atoms with Crippen molar-refractivity contribution in [3.63, 3.8) is 0 Å². The number of aliphatic hydroxyl groups is 1. The smallest absolute Gasteiger partial charge is 0.383 e. The molecule has 3 aromatic rings. The summed E-state index contributed by atoms with van der Waals surface area (Å²) in [5, 5.41) is 12.7. The van der Waals surface area contributed by atoms with Crippen LogP contribution in [0.2, 0.25) is 10.0 Å². The fourth-order valence-electron chi connectivity index (χ4n) is 6.63. The van der Waals surface area contributed by atoms with E-state index < -0.39 is 93.4 Å². The Morgan fingerprint density at radius 2 is 1.25 bits per heavy atom. The van der Waals surface area contributed by atoms with Crippen molar-refractivity contribution in [1.29, 1.82) is 0 Å². The zero-order chi connectivity index (χ0) is 38.6. The number of nitrogens with zero attached hydrogens (tertiary/aromatic N) is 2. The molecule has 0 aliphatic carbocycles. The highest BCUT2D eigenvalue weighted by atomic mass is 35.5. The number of nitrogens with two attached hydrogens (primary N) is 4. The zero-order valence-corrected chi connectivity index (χ0v) is 27.4. The molecule has 2 unspecified atom stereocenters. The van der Waals surface area contributed by atoms with Gasteiger partial charge in [0, 0.05) is 25.2 Å². The van der Waals surface area contributed by atoms with E-state index in [9.17, 15) is 55.4 Å². The lowest BCUT2D eigenvalue weighted by Gasteiger charge is -2.61. The molecule has 20 heteroatoms.